The minimum absolute atomic E-state index is 0.444. The summed E-state index contributed by atoms with van der Waals surface area (Å²) in [7, 11) is 0. The third-order valence-corrected chi connectivity index (χ3v) is 66.4. The summed E-state index contributed by atoms with van der Waals surface area (Å²) in [6.07, 6.45) is 52.9. The van der Waals surface area contributed by atoms with E-state index in [2.05, 4.69) is 224 Å². The molecule has 0 N–H and O–H groups in total. The molecule has 0 saturated carbocycles. The molecule has 0 amide bonds. The quantitative estimate of drug-likeness (QED) is 0.0263. The van der Waals surface area contributed by atoms with Crippen LogP contribution in [-0.2, 0) is 36.5 Å². The summed E-state index contributed by atoms with van der Waals surface area (Å²) in [6, 6.07) is 48.3. The first-order chi connectivity index (χ1) is 50.1. The van der Waals surface area contributed by atoms with Gasteiger partial charge in [-0.25, -0.2) is 0 Å². The fourth-order valence-corrected chi connectivity index (χ4v) is 62.7. The molecule has 102 heavy (non-hydrogen) atoms. The molecule has 0 atom stereocenters. The van der Waals surface area contributed by atoms with Gasteiger partial charge < -0.3 is 0 Å². The maximum absolute atomic E-state index is 3.01. The zero-order valence-electron chi connectivity index (χ0n) is 66.6. The van der Waals surface area contributed by atoms with Gasteiger partial charge in [-0.2, -0.15) is 0 Å². The third-order valence-electron chi connectivity index (χ3n) is 24.9. The van der Waals surface area contributed by atoms with Crippen LogP contribution in [-0.4, -0.2) is 36.8 Å². The number of rotatable bonds is 52. The first-order valence-electron chi connectivity index (χ1n) is 43.4. The summed E-state index contributed by atoms with van der Waals surface area (Å²) < 4.78 is 16.0. The summed E-state index contributed by atoms with van der Waals surface area (Å²) >= 11 is 3.25. The average Bonchev–Trinajstić information content (AvgIpc) is 1.49. The van der Waals surface area contributed by atoms with Crippen LogP contribution < -0.4 is 5.79 Å². The molecular formula is C96H140S4Sn2. The summed E-state index contributed by atoms with van der Waals surface area (Å²) in [5, 5.41) is 0. The van der Waals surface area contributed by atoms with Crippen LogP contribution in [0.3, 0.4) is 0 Å². The third kappa shape index (κ3) is 18.9. The molecule has 4 heterocycles. The van der Waals surface area contributed by atoms with Gasteiger partial charge in [0, 0.05) is 0 Å². The van der Waals surface area contributed by atoms with Crippen LogP contribution in [0.15, 0.2) is 109 Å². The van der Waals surface area contributed by atoms with Crippen LogP contribution >= 0.6 is 45.3 Å². The molecule has 0 fully saturated rings. The molecule has 10 rings (SSSR count). The van der Waals surface area contributed by atoms with E-state index >= 15 is 0 Å². The second-order valence-corrected chi connectivity index (χ2v) is 65.0. The van der Waals surface area contributed by atoms with E-state index in [4.69, 9.17) is 0 Å². The predicted molar refractivity (Wildman–Crippen MR) is 467 cm³/mol. The van der Waals surface area contributed by atoms with Crippen molar-refractivity contribution in [2.45, 2.75) is 364 Å². The number of hydrogen-bond acceptors (Lipinski definition) is 4. The van der Waals surface area contributed by atoms with Crippen molar-refractivity contribution in [2.75, 3.05) is 0 Å². The predicted octanol–water partition coefficient (Wildman–Crippen LogP) is 31.5. The van der Waals surface area contributed by atoms with E-state index in [9.17, 15) is 0 Å². The monoisotopic (exact) mass is 1660 g/mol. The molecule has 0 nitrogen and oxygen atoms in total. The van der Waals surface area contributed by atoms with Gasteiger partial charge in [0.1, 0.15) is 0 Å². The van der Waals surface area contributed by atoms with Gasteiger partial charge in [-0.3, -0.25) is 0 Å². The Kier molecular flexibility index (Phi) is 33.7. The van der Waals surface area contributed by atoms with E-state index in [-0.39, 0.29) is 0 Å². The molecule has 0 spiro atoms. The van der Waals surface area contributed by atoms with Crippen LogP contribution in [0, 0.1) is 0 Å². The minimum atomic E-state index is -3.01. The molecule has 0 bridgehead atoms. The fraction of sp³-hybridized carbons (Fsp3) is 0.604. The Balaban J connectivity index is 1.28. The summed E-state index contributed by atoms with van der Waals surface area (Å²) in [5.41, 5.74) is 17.7. The van der Waals surface area contributed by atoms with Crippen LogP contribution in [0.1, 0.15) is 367 Å². The topological polar surface area (TPSA) is 0 Å². The molecule has 2 aliphatic rings. The van der Waals surface area contributed by atoms with Crippen LogP contribution in [0.4, 0.5) is 0 Å². The normalized spacial score (nSPS) is 13.8. The molecule has 0 unspecified atom stereocenters. The Morgan fingerprint density at radius 3 is 0.676 bits per heavy atom. The van der Waals surface area contributed by atoms with E-state index < -0.39 is 47.6 Å². The Morgan fingerprint density at radius 2 is 0.451 bits per heavy atom. The van der Waals surface area contributed by atoms with Crippen LogP contribution in [0.5, 0.6) is 0 Å². The van der Waals surface area contributed by atoms with Crippen molar-refractivity contribution in [1.82, 2.24) is 0 Å². The van der Waals surface area contributed by atoms with E-state index in [1.165, 1.54) is 328 Å². The fourth-order valence-electron chi connectivity index (χ4n) is 18.6. The zero-order chi connectivity index (χ0) is 71.6. The van der Waals surface area contributed by atoms with E-state index in [1.54, 1.807) is 51.2 Å². The van der Waals surface area contributed by atoms with Crippen LogP contribution in [0.25, 0.3) is 28.9 Å². The molecule has 556 valence electrons. The Morgan fingerprint density at radius 1 is 0.235 bits per heavy atom. The summed E-state index contributed by atoms with van der Waals surface area (Å²) in [4.78, 5) is 6.50. The number of thiophene rings is 4. The number of hydrogen-bond donors (Lipinski definition) is 0. The van der Waals surface area contributed by atoms with E-state index in [1.807, 2.05) is 5.79 Å². The molecule has 4 aromatic carbocycles. The molecular weight excluding hydrogens is 1520 g/mol. The van der Waals surface area contributed by atoms with Crippen molar-refractivity contribution in [3.05, 3.63) is 176 Å². The SMILES string of the molecule is CCCCCCCCc1ccc(C2(c3ccc(CCCCCCCC)cc3)c3c[c]([Sn]([CH2]CCC)([CH2]CCC)[CH2]CCC)sc3-c3sc4c5c(sc4c32)-c2s[c]([Sn]([CH2]CCC)([CH2]CCC)[CH2]CCC)cc2C5(c2ccc(CCCCCCCC)cc2)c2ccc(CCCCCCCC)cc2)cc1. The number of unbranched alkanes of at least 4 members (excludes halogenated alkanes) is 26. The molecule has 0 saturated heterocycles. The number of benzene rings is 4. The van der Waals surface area contributed by atoms with Gasteiger partial charge in [-0.1, -0.05) is 105 Å². The van der Waals surface area contributed by atoms with Gasteiger partial charge in [0.15, 0.2) is 0 Å². The Hall–Kier alpha value is -2.46. The van der Waals surface area contributed by atoms with Crippen molar-refractivity contribution in [2.24, 2.45) is 0 Å². The van der Waals surface area contributed by atoms with Crippen LogP contribution in [0.2, 0.25) is 26.6 Å². The summed E-state index contributed by atoms with van der Waals surface area (Å²) in [5.74, 6) is 0. The summed E-state index contributed by atoms with van der Waals surface area (Å²) in [6.45, 7) is 24.3. The van der Waals surface area contributed by atoms with Gasteiger partial charge in [-0.05, 0) is 0 Å². The molecule has 0 radical (unpaired) electrons. The van der Waals surface area contributed by atoms with Gasteiger partial charge in [-0.15, -0.1) is 0 Å². The number of aryl methyl sites for hydroxylation is 4. The van der Waals surface area contributed by atoms with Crippen molar-refractivity contribution in [3.8, 4) is 19.5 Å². The maximum atomic E-state index is 2.99. The molecule has 2 aliphatic carbocycles. The average molecular weight is 1660 g/mol. The standard InChI is InChI=1S/C72H86S4.6C4H9.2Sn/c1-5-9-13-17-21-25-29-53-33-41-57(42-34-53)71(58-43-35-54(36-44-58)30-26-22-18-14-10-6-2)61-49-51-73-65(61)67-63(71)69-70(75-67)64-68(76-69)66-62(50-52-74-66)72(64,59-45-37-55(38-46-59)31-27-23-19-15-11-7-3)60-47-39-56(40-48-60)32-28-24-20-16-12-8-4;6*1-3-4-2;;/h33-50H,5-32H2,1-4H3;6*1,3-4H2,2H3;;. The number of fused-ring (bicyclic) bond motifs is 9. The molecule has 8 aromatic rings. The first kappa shape index (κ1) is 82.0. The molecule has 6 heteroatoms. The first-order valence-corrected chi connectivity index (χ1v) is 61.7. The van der Waals surface area contributed by atoms with Crippen molar-refractivity contribution in [1.29, 1.82) is 0 Å². The second-order valence-electron chi connectivity index (χ2n) is 32.5. The van der Waals surface area contributed by atoms with Crippen molar-refractivity contribution < 1.29 is 0 Å². The Labute approximate surface area is 649 Å². The zero-order valence-corrected chi connectivity index (χ0v) is 75.5. The van der Waals surface area contributed by atoms with Gasteiger partial charge in [0.2, 0.25) is 0 Å². The van der Waals surface area contributed by atoms with Crippen molar-refractivity contribution >= 4 is 97.3 Å². The van der Waals surface area contributed by atoms with Gasteiger partial charge in [0.05, 0.1) is 0 Å². The van der Waals surface area contributed by atoms with Gasteiger partial charge >= 0.3 is 552 Å². The van der Waals surface area contributed by atoms with Crippen molar-refractivity contribution in [3.63, 3.8) is 0 Å². The van der Waals surface area contributed by atoms with E-state index in [0.29, 0.717) is 0 Å². The van der Waals surface area contributed by atoms with E-state index in [0.717, 1.165) is 0 Å². The molecule has 0 aliphatic heterocycles. The van der Waals surface area contributed by atoms with Gasteiger partial charge in [0.25, 0.3) is 0 Å². The second kappa shape index (κ2) is 41.9. The molecule has 4 aromatic heterocycles. The Bertz CT molecular complexity index is 3290.